The molecule has 0 saturated carbocycles. The van der Waals surface area contributed by atoms with Crippen LogP contribution in [0.4, 0.5) is 13.2 Å². The first kappa shape index (κ1) is 32.6. The molecule has 7 nitrogen and oxygen atoms in total. The number of carbonyl (C=O) groups excluding carboxylic acids is 2. The summed E-state index contributed by atoms with van der Waals surface area (Å²) in [6.07, 6.45) is -2.68. The number of ether oxygens (including phenoxy) is 1. The molecule has 244 valence electrons. The number of piperazine rings is 1. The molecule has 11 heteroatoms. The first-order valence-corrected chi connectivity index (χ1v) is 16.5. The van der Waals surface area contributed by atoms with Crippen molar-refractivity contribution >= 4 is 23.6 Å². The Balaban J connectivity index is 1.14. The fourth-order valence-electron chi connectivity index (χ4n) is 6.26. The van der Waals surface area contributed by atoms with Crippen LogP contribution in [0.3, 0.4) is 0 Å². The number of hydrogen-bond acceptors (Lipinski definition) is 6. The minimum Gasteiger partial charge on any atom is -0.406 e. The molecule has 4 aromatic rings. The normalized spacial score (nSPS) is 18.9. The van der Waals surface area contributed by atoms with Gasteiger partial charge in [-0.05, 0) is 41.0 Å². The highest BCUT2D eigenvalue weighted by Gasteiger charge is 2.43. The van der Waals surface area contributed by atoms with Gasteiger partial charge in [-0.15, -0.1) is 24.9 Å². The lowest BCUT2D eigenvalue weighted by atomic mass is 9.96. The minimum atomic E-state index is -4.84. The largest absolute Gasteiger partial charge is 0.573 e. The molecule has 0 spiro atoms. The number of amides is 2. The molecule has 1 aromatic heterocycles. The van der Waals surface area contributed by atoms with E-state index in [-0.39, 0.29) is 30.0 Å². The summed E-state index contributed by atoms with van der Waals surface area (Å²) in [5, 5.41) is -1.24. The number of aromatic nitrogens is 1. The summed E-state index contributed by atoms with van der Waals surface area (Å²) in [6.45, 7) is 2.73. The standard InChI is InChI=1S/C36H35F3N4O3S/c37-36(38,39)46-30-16-9-14-28(24-30)35-43(19-17-29-15-7-8-18-40-29)34(45)31(47-35)25-32(44)41-20-22-42(23-21-41)33(26-10-3-1-4-11-26)27-12-5-2-6-13-27/h1-16,18,24,31,33,35H,17,19-23,25H2. The Morgan fingerprint density at radius 1 is 0.872 bits per heavy atom. The molecule has 0 bridgehead atoms. The van der Waals surface area contributed by atoms with E-state index in [4.69, 9.17) is 0 Å². The van der Waals surface area contributed by atoms with E-state index in [9.17, 15) is 22.8 Å². The molecule has 0 radical (unpaired) electrons. The van der Waals surface area contributed by atoms with Gasteiger partial charge >= 0.3 is 6.36 Å². The van der Waals surface area contributed by atoms with Crippen LogP contribution >= 0.6 is 11.8 Å². The maximum Gasteiger partial charge on any atom is 0.573 e. The number of halogens is 3. The van der Waals surface area contributed by atoms with E-state index in [1.165, 1.54) is 41.1 Å². The van der Waals surface area contributed by atoms with Crippen molar-refractivity contribution in [1.29, 1.82) is 0 Å². The average molecular weight is 661 g/mol. The Labute approximate surface area is 276 Å². The van der Waals surface area contributed by atoms with Crippen LogP contribution in [0.25, 0.3) is 0 Å². The van der Waals surface area contributed by atoms with Gasteiger partial charge in [0.05, 0.1) is 11.3 Å². The molecule has 0 N–H and O–H groups in total. The quantitative estimate of drug-likeness (QED) is 0.194. The monoisotopic (exact) mass is 660 g/mol. The van der Waals surface area contributed by atoms with E-state index >= 15 is 0 Å². The topological polar surface area (TPSA) is 66.0 Å². The van der Waals surface area contributed by atoms with E-state index in [1.54, 1.807) is 23.2 Å². The van der Waals surface area contributed by atoms with Gasteiger partial charge in [-0.2, -0.15) is 0 Å². The zero-order valence-corrected chi connectivity index (χ0v) is 26.4. The molecular weight excluding hydrogens is 625 g/mol. The van der Waals surface area contributed by atoms with Gasteiger partial charge in [-0.1, -0.05) is 78.9 Å². The number of rotatable bonds is 10. The number of carbonyl (C=O) groups is 2. The Hall–Kier alpha value is -4.35. The Kier molecular flexibility index (Phi) is 10.1. The predicted molar refractivity (Wildman–Crippen MR) is 174 cm³/mol. The smallest absolute Gasteiger partial charge is 0.406 e. The zero-order chi connectivity index (χ0) is 32.8. The third-order valence-electron chi connectivity index (χ3n) is 8.47. The predicted octanol–water partition coefficient (Wildman–Crippen LogP) is 6.49. The highest BCUT2D eigenvalue weighted by atomic mass is 32.2. The summed E-state index contributed by atoms with van der Waals surface area (Å²) < 4.78 is 43.1. The van der Waals surface area contributed by atoms with Gasteiger partial charge in [0, 0.05) is 57.5 Å². The van der Waals surface area contributed by atoms with Gasteiger partial charge in [0.1, 0.15) is 11.1 Å². The van der Waals surface area contributed by atoms with Crippen LogP contribution in [0.2, 0.25) is 0 Å². The number of hydrogen-bond donors (Lipinski definition) is 0. The Morgan fingerprint density at radius 2 is 1.53 bits per heavy atom. The molecule has 3 heterocycles. The highest BCUT2D eigenvalue weighted by molar-refractivity contribution is 8.01. The molecule has 2 aliphatic rings. The number of nitrogens with zero attached hydrogens (tertiary/aromatic N) is 4. The molecular formula is C36H35F3N4O3S. The molecule has 2 aliphatic heterocycles. The fraction of sp³-hybridized carbons (Fsp3) is 0.306. The van der Waals surface area contributed by atoms with Crippen molar-refractivity contribution in [2.45, 2.75) is 35.9 Å². The van der Waals surface area contributed by atoms with Gasteiger partial charge in [0.2, 0.25) is 11.8 Å². The van der Waals surface area contributed by atoms with E-state index in [0.717, 1.165) is 5.69 Å². The molecule has 2 atom stereocenters. The van der Waals surface area contributed by atoms with E-state index in [0.29, 0.717) is 44.7 Å². The van der Waals surface area contributed by atoms with Crippen LogP contribution in [0.5, 0.6) is 5.75 Å². The van der Waals surface area contributed by atoms with E-state index < -0.39 is 17.0 Å². The van der Waals surface area contributed by atoms with Crippen LogP contribution < -0.4 is 4.74 Å². The van der Waals surface area contributed by atoms with Crippen molar-refractivity contribution in [3.8, 4) is 5.75 Å². The Morgan fingerprint density at radius 3 is 2.15 bits per heavy atom. The second kappa shape index (κ2) is 14.6. The van der Waals surface area contributed by atoms with Crippen molar-refractivity contribution in [1.82, 2.24) is 19.7 Å². The maximum atomic E-state index is 13.8. The summed E-state index contributed by atoms with van der Waals surface area (Å²) in [4.78, 5) is 37.6. The molecule has 2 unspecified atom stereocenters. The SMILES string of the molecule is O=C(CC1SC(c2cccc(OC(F)(F)F)c2)N(CCc2ccccn2)C1=O)N1CCN(C(c2ccccc2)c2ccccc2)CC1. The van der Waals surface area contributed by atoms with Crippen molar-refractivity contribution in [3.63, 3.8) is 0 Å². The number of pyridine rings is 1. The lowest BCUT2D eigenvalue weighted by Gasteiger charge is -2.40. The third kappa shape index (κ3) is 8.15. The van der Waals surface area contributed by atoms with Gasteiger partial charge in [0.15, 0.2) is 0 Å². The van der Waals surface area contributed by atoms with E-state index in [1.807, 2.05) is 53.4 Å². The molecule has 47 heavy (non-hydrogen) atoms. The lowest BCUT2D eigenvalue weighted by Crippen LogP contribution is -2.50. The third-order valence-corrected chi connectivity index (χ3v) is 9.95. The zero-order valence-electron chi connectivity index (χ0n) is 25.6. The second-order valence-electron chi connectivity index (χ2n) is 11.5. The number of thioether (sulfide) groups is 1. The molecule has 2 fully saturated rings. The summed E-state index contributed by atoms with van der Waals surface area (Å²) in [6, 6.07) is 31.9. The lowest BCUT2D eigenvalue weighted by molar-refractivity contribution is -0.274. The number of alkyl halides is 3. The number of benzene rings is 3. The maximum absolute atomic E-state index is 13.8. The van der Waals surface area contributed by atoms with Crippen LogP contribution in [-0.4, -0.2) is 75.8 Å². The first-order valence-electron chi connectivity index (χ1n) is 15.6. The molecule has 0 aliphatic carbocycles. The van der Waals surface area contributed by atoms with Gasteiger partial charge in [0.25, 0.3) is 0 Å². The second-order valence-corrected chi connectivity index (χ2v) is 12.8. The van der Waals surface area contributed by atoms with E-state index in [2.05, 4.69) is 38.9 Å². The highest BCUT2D eigenvalue weighted by Crippen LogP contribution is 2.45. The minimum absolute atomic E-state index is 0.0135. The molecule has 2 amide bonds. The van der Waals surface area contributed by atoms with Crippen LogP contribution in [0.1, 0.15) is 40.2 Å². The summed E-state index contributed by atoms with van der Waals surface area (Å²) in [7, 11) is 0. The van der Waals surface area contributed by atoms with Crippen LogP contribution in [0, 0.1) is 0 Å². The van der Waals surface area contributed by atoms with Crippen LogP contribution in [-0.2, 0) is 16.0 Å². The van der Waals surface area contributed by atoms with Crippen molar-refractivity contribution in [2.75, 3.05) is 32.7 Å². The molecule has 6 rings (SSSR count). The summed E-state index contributed by atoms with van der Waals surface area (Å²) in [5.41, 5.74) is 3.67. The van der Waals surface area contributed by atoms with Gasteiger partial charge < -0.3 is 14.5 Å². The van der Waals surface area contributed by atoms with Gasteiger partial charge in [-0.3, -0.25) is 19.5 Å². The Bertz CT molecular complexity index is 1600. The first-order chi connectivity index (χ1) is 22.7. The van der Waals surface area contributed by atoms with Crippen LogP contribution in [0.15, 0.2) is 109 Å². The fourth-order valence-corrected chi connectivity index (χ4v) is 7.72. The molecule has 3 aromatic carbocycles. The van der Waals surface area contributed by atoms with Gasteiger partial charge in [-0.25, -0.2) is 0 Å². The van der Waals surface area contributed by atoms with Crippen molar-refractivity contribution < 1.29 is 27.5 Å². The summed E-state index contributed by atoms with van der Waals surface area (Å²) >= 11 is 1.30. The molecule has 2 saturated heterocycles. The average Bonchev–Trinajstić information content (AvgIpc) is 3.39. The van der Waals surface area contributed by atoms with Crippen molar-refractivity contribution in [2.24, 2.45) is 0 Å². The summed E-state index contributed by atoms with van der Waals surface area (Å²) in [5.74, 6) is -0.668. The van der Waals surface area contributed by atoms with Crippen molar-refractivity contribution in [3.05, 3.63) is 132 Å².